The van der Waals surface area contributed by atoms with Gasteiger partial charge >= 0.3 is 0 Å². The van der Waals surface area contributed by atoms with Gasteiger partial charge in [-0.1, -0.05) is 25.1 Å². The van der Waals surface area contributed by atoms with Gasteiger partial charge in [-0.15, -0.1) is 0 Å². The first-order chi connectivity index (χ1) is 5.76. The zero-order valence-corrected chi connectivity index (χ0v) is 7.17. The number of nitrogens with one attached hydrogen (secondary N) is 1. The van der Waals surface area contributed by atoms with Gasteiger partial charge in [-0.05, 0) is 11.6 Å². The van der Waals surface area contributed by atoms with Crippen LogP contribution in [0.5, 0.6) is 0 Å². The Balaban J connectivity index is 2.49. The van der Waals surface area contributed by atoms with Crippen LogP contribution in [-0.2, 0) is 5.41 Å². The molecule has 1 aromatic carbocycles. The van der Waals surface area contributed by atoms with Gasteiger partial charge in [-0.25, -0.2) is 0 Å². The number of aliphatic hydroxyl groups excluding tert-OH is 1. The summed E-state index contributed by atoms with van der Waals surface area (Å²) < 4.78 is 0. The molecule has 0 aliphatic carbocycles. The van der Waals surface area contributed by atoms with E-state index in [0.29, 0.717) is 0 Å². The summed E-state index contributed by atoms with van der Waals surface area (Å²) in [7, 11) is 0. The van der Waals surface area contributed by atoms with Gasteiger partial charge in [-0.2, -0.15) is 0 Å². The number of hydrogen-bond donors (Lipinski definition) is 2. The standard InChI is InChI=1S/C10H13NO/c1-10(7-12)6-11-9-5-3-2-4-8(9)10/h2-5,11-12H,6-7H2,1H3. The van der Waals surface area contributed by atoms with E-state index in [1.807, 2.05) is 12.1 Å². The van der Waals surface area contributed by atoms with Crippen molar-refractivity contribution in [3.8, 4) is 0 Å². The maximum atomic E-state index is 9.23. The third kappa shape index (κ3) is 0.916. The van der Waals surface area contributed by atoms with Gasteiger partial charge in [0, 0.05) is 17.6 Å². The molecule has 0 radical (unpaired) electrons. The van der Waals surface area contributed by atoms with E-state index >= 15 is 0 Å². The third-order valence-electron chi connectivity index (χ3n) is 2.60. The van der Waals surface area contributed by atoms with E-state index in [1.54, 1.807) is 0 Å². The second-order valence-corrected chi connectivity index (χ2v) is 3.62. The Kier molecular flexibility index (Phi) is 1.58. The highest BCUT2D eigenvalue weighted by atomic mass is 16.3. The van der Waals surface area contributed by atoms with Crippen LogP contribution in [0.15, 0.2) is 24.3 Å². The van der Waals surface area contributed by atoms with Crippen LogP contribution in [-0.4, -0.2) is 18.3 Å². The topological polar surface area (TPSA) is 32.3 Å². The predicted octanol–water partition coefficient (Wildman–Crippen LogP) is 1.36. The molecule has 1 unspecified atom stereocenters. The van der Waals surface area contributed by atoms with Crippen molar-refractivity contribution in [3.05, 3.63) is 29.8 Å². The Hall–Kier alpha value is -1.02. The Morgan fingerprint density at radius 1 is 1.50 bits per heavy atom. The maximum absolute atomic E-state index is 9.23. The van der Waals surface area contributed by atoms with Crippen molar-refractivity contribution in [1.82, 2.24) is 0 Å². The monoisotopic (exact) mass is 163 g/mol. The zero-order valence-electron chi connectivity index (χ0n) is 7.17. The summed E-state index contributed by atoms with van der Waals surface area (Å²) in [5.74, 6) is 0. The maximum Gasteiger partial charge on any atom is 0.0543 e. The van der Waals surface area contributed by atoms with E-state index in [-0.39, 0.29) is 12.0 Å². The second-order valence-electron chi connectivity index (χ2n) is 3.62. The number of fused-ring (bicyclic) bond motifs is 1. The van der Waals surface area contributed by atoms with Gasteiger partial charge in [0.05, 0.1) is 6.61 Å². The van der Waals surface area contributed by atoms with Crippen LogP contribution in [0.2, 0.25) is 0 Å². The fraction of sp³-hybridized carbons (Fsp3) is 0.400. The molecule has 0 saturated heterocycles. The van der Waals surface area contributed by atoms with Crippen LogP contribution in [0.3, 0.4) is 0 Å². The summed E-state index contributed by atoms with van der Waals surface area (Å²) >= 11 is 0. The van der Waals surface area contributed by atoms with Crippen molar-refractivity contribution in [1.29, 1.82) is 0 Å². The van der Waals surface area contributed by atoms with Crippen molar-refractivity contribution in [2.24, 2.45) is 0 Å². The number of benzene rings is 1. The number of hydrogen-bond acceptors (Lipinski definition) is 2. The van der Waals surface area contributed by atoms with Crippen LogP contribution in [0, 0.1) is 0 Å². The van der Waals surface area contributed by atoms with Gasteiger partial charge in [0.15, 0.2) is 0 Å². The third-order valence-corrected chi connectivity index (χ3v) is 2.60. The molecule has 0 amide bonds. The molecule has 64 valence electrons. The van der Waals surface area contributed by atoms with E-state index < -0.39 is 0 Å². The van der Waals surface area contributed by atoms with Gasteiger partial charge in [-0.3, -0.25) is 0 Å². The zero-order chi connectivity index (χ0) is 8.60. The molecule has 0 aromatic heterocycles. The quantitative estimate of drug-likeness (QED) is 0.655. The largest absolute Gasteiger partial charge is 0.395 e. The van der Waals surface area contributed by atoms with Crippen molar-refractivity contribution in [3.63, 3.8) is 0 Å². The van der Waals surface area contributed by atoms with Crippen LogP contribution < -0.4 is 5.32 Å². The molecule has 2 heteroatoms. The Morgan fingerprint density at radius 3 is 3.00 bits per heavy atom. The second kappa shape index (κ2) is 2.49. The average molecular weight is 163 g/mol. The predicted molar refractivity (Wildman–Crippen MR) is 49.4 cm³/mol. The molecule has 2 nitrogen and oxygen atoms in total. The van der Waals surface area contributed by atoms with Crippen molar-refractivity contribution in [2.75, 3.05) is 18.5 Å². The average Bonchev–Trinajstić information content (AvgIpc) is 2.46. The Bertz CT molecular complexity index is 298. The molecule has 1 aliphatic heterocycles. The number of para-hydroxylation sites is 1. The normalized spacial score (nSPS) is 26.5. The lowest BCUT2D eigenvalue weighted by molar-refractivity contribution is 0.218. The van der Waals surface area contributed by atoms with Crippen molar-refractivity contribution < 1.29 is 5.11 Å². The highest BCUT2D eigenvalue weighted by Crippen LogP contribution is 2.35. The van der Waals surface area contributed by atoms with E-state index in [0.717, 1.165) is 12.2 Å². The lowest BCUT2D eigenvalue weighted by Gasteiger charge is -2.20. The minimum absolute atomic E-state index is 0.0867. The van der Waals surface area contributed by atoms with Crippen LogP contribution >= 0.6 is 0 Å². The number of aliphatic hydroxyl groups is 1. The van der Waals surface area contributed by atoms with Crippen molar-refractivity contribution >= 4 is 5.69 Å². The molecule has 2 rings (SSSR count). The van der Waals surface area contributed by atoms with Gasteiger partial charge < -0.3 is 10.4 Å². The molecule has 1 atom stereocenters. The van der Waals surface area contributed by atoms with Gasteiger partial charge in [0.1, 0.15) is 0 Å². The van der Waals surface area contributed by atoms with Gasteiger partial charge in [0.25, 0.3) is 0 Å². The minimum atomic E-state index is -0.0867. The molecule has 0 bridgehead atoms. The molecule has 1 aliphatic rings. The number of rotatable bonds is 1. The summed E-state index contributed by atoms with van der Waals surface area (Å²) in [6.07, 6.45) is 0. The number of anilines is 1. The molecule has 2 N–H and O–H groups in total. The van der Waals surface area contributed by atoms with E-state index in [4.69, 9.17) is 0 Å². The molecule has 12 heavy (non-hydrogen) atoms. The highest BCUT2D eigenvalue weighted by molar-refractivity contribution is 5.59. The summed E-state index contributed by atoms with van der Waals surface area (Å²) in [5.41, 5.74) is 2.30. The summed E-state index contributed by atoms with van der Waals surface area (Å²) in [6, 6.07) is 8.15. The van der Waals surface area contributed by atoms with E-state index in [9.17, 15) is 5.11 Å². The lowest BCUT2D eigenvalue weighted by Crippen LogP contribution is -2.28. The Morgan fingerprint density at radius 2 is 2.25 bits per heavy atom. The van der Waals surface area contributed by atoms with Crippen LogP contribution in [0.1, 0.15) is 12.5 Å². The first-order valence-corrected chi connectivity index (χ1v) is 4.20. The molecular weight excluding hydrogens is 150 g/mol. The molecule has 0 fully saturated rings. The minimum Gasteiger partial charge on any atom is -0.395 e. The fourth-order valence-corrected chi connectivity index (χ4v) is 1.69. The molecule has 1 heterocycles. The first-order valence-electron chi connectivity index (χ1n) is 4.20. The Labute approximate surface area is 72.2 Å². The molecule has 1 aromatic rings. The smallest absolute Gasteiger partial charge is 0.0543 e. The summed E-state index contributed by atoms with van der Waals surface area (Å²) in [6.45, 7) is 3.12. The van der Waals surface area contributed by atoms with Crippen LogP contribution in [0.4, 0.5) is 5.69 Å². The summed E-state index contributed by atoms with van der Waals surface area (Å²) in [4.78, 5) is 0. The highest BCUT2D eigenvalue weighted by Gasteiger charge is 2.32. The molecular formula is C10H13NO. The molecule has 0 spiro atoms. The lowest BCUT2D eigenvalue weighted by atomic mass is 9.86. The molecule has 0 saturated carbocycles. The summed E-state index contributed by atoms with van der Waals surface area (Å²) in [5, 5.41) is 12.5. The SMILES string of the molecule is CC1(CO)CNc2ccccc21. The van der Waals surface area contributed by atoms with E-state index in [1.165, 1.54) is 5.56 Å². The fourth-order valence-electron chi connectivity index (χ4n) is 1.69. The van der Waals surface area contributed by atoms with E-state index in [2.05, 4.69) is 24.4 Å². The van der Waals surface area contributed by atoms with Crippen molar-refractivity contribution in [2.45, 2.75) is 12.3 Å². The first kappa shape index (κ1) is 7.62. The van der Waals surface area contributed by atoms with Gasteiger partial charge in [0.2, 0.25) is 0 Å². The van der Waals surface area contributed by atoms with Crippen LogP contribution in [0.25, 0.3) is 0 Å².